The van der Waals surface area contributed by atoms with E-state index in [-0.39, 0.29) is 17.0 Å². The first kappa shape index (κ1) is 22.6. The lowest BCUT2D eigenvalue weighted by atomic mass is 9.62. The fraction of sp³-hybridized carbons (Fsp3) is 0.242. The predicted octanol–water partition coefficient (Wildman–Crippen LogP) is 7.88. The number of carbonyl (C=O) groups is 1. The summed E-state index contributed by atoms with van der Waals surface area (Å²) in [7, 11) is 1.96. The van der Waals surface area contributed by atoms with Crippen molar-refractivity contribution in [2.45, 2.75) is 44.4 Å². The van der Waals surface area contributed by atoms with Gasteiger partial charge in [0.2, 0.25) is 5.78 Å². The molecule has 0 radical (unpaired) electrons. The van der Waals surface area contributed by atoms with E-state index in [2.05, 4.69) is 49.9 Å². The van der Waals surface area contributed by atoms with Crippen LogP contribution in [-0.2, 0) is 17.3 Å². The number of aliphatic hydroxyl groups excluding tert-OH is 1. The quantitative estimate of drug-likeness (QED) is 0.306. The number of Topliss-reactive ketones (excluding diaryl/α,β-unsaturated/α-hetero) is 1. The average molecular weight is 474 g/mol. The number of fused-ring (bicyclic) bond motifs is 2. The summed E-state index contributed by atoms with van der Waals surface area (Å²) in [5.41, 5.74) is 5.87. The van der Waals surface area contributed by atoms with Crippen LogP contribution in [-0.4, -0.2) is 15.5 Å². The van der Waals surface area contributed by atoms with Gasteiger partial charge >= 0.3 is 0 Å². The highest BCUT2D eigenvalue weighted by Gasteiger charge is 2.41. The first-order valence-electron chi connectivity index (χ1n) is 12.8. The maximum atomic E-state index is 13.4. The molecule has 1 heterocycles. The van der Waals surface area contributed by atoms with E-state index in [4.69, 9.17) is 0 Å². The van der Waals surface area contributed by atoms with Crippen LogP contribution in [0.2, 0.25) is 0 Å². The molecule has 0 amide bonds. The maximum Gasteiger partial charge on any atom is 0.201 e. The van der Waals surface area contributed by atoms with Crippen LogP contribution in [0.25, 0.3) is 27.2 Å². The summed E-state index contributed by atoms with van der Waals surface area (Å²) in [6.45, 7) is 6.73. The molecule has 6 rings (SSSR count). The van der Waals surface area contributed by atoms with Gasteiger partial charge in [0.15, 0.2) is 0 Å². The Morgan fingerprint density at radius 2 is 1.67 bits per heavy atom. The number of carbonyl (C=O) groups excluding carboxylic acids is 1. The fourth-order valence-corrected chi connectivity index (χ4v) is 6.56. The lowest BCUT2D eigenvalue weighted by Gasteiger charge is -2.41. The Kier molecular flexibility index (Phi) is 5.26. The number of benzene rings is 3. The molecule has 0 bridgehead atoms. The third-order valence-corrected chi connectivity index (χ3v) is 8.39. The molecule has 1 aromatic heterocycles. The minimum atomic E-state index is -0.244. The molecule has 0 aliphatic heterocycles. The Balaban J connectivity index is 1.46. The van der Waals surface area contributed by atoms with Crippen LogP contribution in [0.4, 0.5) is 0 Å². The number of rotatable bonds is 4. The van der Waals surface area contributed by atoms with E-state index in [1.165, 1.54) is 28.3 Å². The van der Waals surface area contributed by atoms with Gasteiger partial charge in [0.25, 0.3) is 0 Å². The SMILES string of the molecule is C=C(/C=C1/C(=O)C(c2cn(C)c3ccccc23)=C1O)C1(c2c(C)ccc3ccccc23)CCCCC1. The number of ketones is 1. The number of aliphatic hydroxyl groups is 1. The monoisotopic (exact) mass is 473 g/mol. The van der Waals surface area contributed by atoms with Gasteiger partial charge in [-0.25, -0.2) is 0 Å². The van der Waals surface area contributed by atoms with Crippen molar-refractivity contribution in [2.24, 2.45) is 7.05 Å². The molecule has 180 valence electrons. The van der Waals surface area contributed by atoms with Crippen LogP contribution < -0.4 is 0 Å². The molecule has 2 aliphatic carbocycles. The number of para-hydroxylation sites is 1. The highest BCUT2D eigenvalue weighted by Crippen LogP contribution is 2.50. The molecule has 36 heavy (non-hydrogen) atoms. The van der Waals surface area contributed by atoms with E-state index in [0.717, 1.165) is 47.7 Å². The summed E-state index contributed by atoms with van der Waals surface area (Å²) >= 11 is 0. The van der Waals surface area contributed by atoms with Crippen molar-refractivity contribution in [3.05, 3.63) is 113 Å². The van der Waals surface area contributed by atoms with Crippen molar-refractivity contribution in [1.82, 2.24) is 4.57 Å². The predicted molar refractivity (Wildman–Crippen MR) is 148 cm³/mol. The zero-order valence-electron chi connectivity index (χ0n) is 21.0. The van der Waals surface area contributed by atoms with E-state index in [9.17, 15) is 9.90 Å². The van der Waals surface area contributed by atoms with Gasteiger partial charge in [-0.2, -0.15) is 0 Å². The van der Waals surface area contributed by atoms with Crippen molar-refractivity contribution in [3.63, 3.8) is 0 Å². The first-order valence-corrected chi connectivity index (χ1v) is 12.8. The molecule has 1 saturated carbocycles. The largest absolute Gasteiger partial charge is 0.506 e. The minimum Gasteiger partial charge on any atom is -0.506 e. The van der Waals surface area contributed by atoms with Gasteiger partial charge in [0.1, 0.15) is 5.76 Å². The highest BCUT2D eigenvalue weighted by atomic mass is 16.3. The normalized spacial score (nSPS) is 18.7. The molecular weight excluding hydrogens is 442 g/mol. The lowest BCUT2D eigenvalue weighted by Crippen LogP contribution is -2.32. The van der Waals surface area contributed by atoms with E-state index in [0.29, 0.717) is 11.1 Å². The zero-order chi connectivity index (χ0) is 25.0. The smallest absolute Gasteiger partial charge is 0.201 e. The van der Waals surface area contributed by atoms with E-state index in [1.54, 1.807) is 0 Å². The van der Waals surface area contributed by atoms with Crippen LogP contribution in [0.1, 0.15) is 48.8 Å². The number of hydrogen-bond acceptors (Lipinski definition) is 2. The molecule has 1 N–H and O–H groups in total. The number of hydrogen-bond donors (Lipinski definition) is 1. The number of aromatic nitrogens is 1. The molecule has 0 spiro atoms. The Hall–Kier alpha value is -3.85. The highest BCUT2D eigenvalue weighted by molar-refractivity contribution is 6.40. The standard InChI is InChI=1S/C33H31NO2/c1-21-15-16-23-11-5-6-12-24(23)30(21)33(17-9-4-10-18-33)22(2)19-26-31(35)29(32(26)36)27-20-34(3)28-14-8-7-13-25(27)28/h5-8,11-16,19-20,35H,2,4,9-10,17-18H2,1,3H3/b26-19+. The van der Waals surface area contributed by atoms with Crippen LogP contribution in [0.5, 0.6) is 0 Å². The summed E-state index contributed by atoms with van der Waals surface area (Å²) in [5.74, 6) is -0.0243. The van der Waals surface area contributed by atoms with E-state index in [1.807, 2.05) is 48.2 Å². The summed E-state index contributed by atoms with van der Waals surface area (Å²) in [6.07, 6.45) is 9.27. The van der Waals surface area contributed by atoms with Gasteiger partial charge in [-0.15, -0.1) is 0 Å². The van der Waals surface area contributed by atoms with Crippen LogP contribution in [0.15, 0.2) is 96.4 Å². The van der Waals surface area contributed by atoms with Crippen molar-refractivity contribution >= 4 is 33.0 Å². The third kappa shape index (κ3) is 3.22. The molecule has 0 atom stereocenters. The topological polar surface area (TPSA) is 42.2 Å². The Labute approximate surface area is 212 Å². The molecule has 4 aromatic rings. The van der Waals surface area contributed by atoms with Crippen molar-refractivity contribution in [2.75, 3.05) is 0 Å². The molecular formula is C33H31NO2. The molecule has 2 aliphatic rings. The van der Waals surface area contributed by atoms with Crippen LogP contribution >= 0.6 is 0 Å². The molecule has 0 unspecified atom stereocenters. The average Bonchev–Trinajstić information content (AvgIpc) is 3.23. The van der Waals surface area contributed by atoms with Gasteiger partial charge in [0, 0.05) is 35.1 Å². The van der Waals surface area contributed by atoms with Gasteiger partial charge in [-0.3, -0.25) is 4.79 Å². The zero-order valence-corrected chi connectivity index (χ0v) is 21.0. The molecule has 3 nitrogen and oxygen atoms in total. The Bertz CT molecular complexity index is 1620. The van der Waals surface area contributed by atoms with Gasteiger partial charge in [-0.1, -0.05) is 80.4 Å². The second-order valence-electron chi connectivity index (χ2n) is 10.4. The summed E-state index contributed by atoms with van der Waals surface area (Å²) in [6, 6.07) is 20.9. The minimum absolute atomic E-state index is 0.0816. The van der Waals surface area contributed by atoms with E-state index < -0.39 is 0 Å². The third-order valence-electron chi connectivity index (χ3n) is 8.39. The second-order valence-corrected chi connectivity index (χ2v) is 10.4. The molecule has 0 saturated heterocycles. The number of nitrogens with zero attached hydrogens (tertiary/aromatic N) is 1. The maximum absolute atomic E-state index is 13.4. The number of aryl methyl sites for hydroxylation is 2. The molecule has 3 aromatic carbocycles. The van der Waals surface area contributed by atoms with Crippen LogP contribution in [0.3, 0.4) is 0 Å². The Morgan fingerprint density at radius 3 is 2.42 bits per heavy atom. The summed E-state index contributed by atoms with van der Waals surface area (Å²) in [5, 5.41) is 14.6. The fourth-order valence-electron chi connectivity index (χ4n) is 6.56. The van der Waals surface area contributed by atoms with Gasteiger partial charge in [-0.05, 0) is 59.4 Å². The first-order chi connectivity index (χ1) is 17.4. The van der Waals surface area contributed by atoms with Gasteiger partial charge in [0.05, 0.1) is 11.1 Å². The molecule has 1 fully saturated rings. The van der Waals surface area contributed by atoms with Crippen molar-refractivity contribution in [3.8, 4) is 0 Å². The summed E-state index contributed by atoms with van der Waals surface area (Å²) in [4.78, 5) is 13.4. The number of allylic oxidation sites excluding steroid dienone is 4. The second kappa shape index (κ2) is 8.37. The summed E-state index contributed by atoms with van der Waals surface area (Å²) < 4.78 is 2.00. The van der Waals surface area contributed by atoms with Crippen molar-refractivity contribution in [1.29, 1.82) is 0 Å². The van der Waals surface area contributed by atoms with Crippen LogP contribution in [0, 0.1) is 6.92 Å². The van der Waals surface area contributed by atoms with Gasteiger partial charge < -0.3 is 9.67 Å². The van der Waals surface area contributed by atoms with Crippen molar-refractivity contribution < 1.29 is 9.90 Å². The Morgan fingerprint density at radius 1 is 0.972 bits per heavy atom. The van der Waals surface area contributed by atoms with E-state index >= 15 is 0 Å². The molecule has 3 heteroatoms. The lowest BCUT2D eigenvalue weighted by molar-refractivity contribution is -0.111.